The van der Waals surface area contributed by atoms with E-state index < -0.39 is 11.6 Å². The molecule has 1 aromatic heterocycles. The van der Waals surface area contributed by atoms with Gasteiger partial charge in [0.1, 0.15) is 0 Å². The first-order valence-corrected chi connectivity index (χ1v) is 4.92. The molecule has 2 aromatic rings. The molecule has 0 aliphatic carbocycles. The Morgan fingerprint density at radius 2 is 2.12 bits per heavy atom. The number of hydrogen-bond donors (Lipinski definition) is 1. The van der Waals surface area contributed by atoms with Gasteiger partial charge in [-0.15, -0.1) is 0 Å². The number of aromatic carboxylic acids is 1. The average Bonchev–Trinajstić information content (AvgIpc) is 2.28. The minimum Gasteiger partial charge on any atom is -0.475 e. The van der Waals surface area contributed by atoms with E-state index in [4.69, 9.17) is 9.52 Å². The second-order valence-corrected chi connectivity index (χ2v) is 3.48. The summed E-state index contributed by atoms with van der Waals surface area (Å²) in [6.45, 7) is 1.98. The van der Waals surface area contributed by atoms with Crippen molar-refractivity contribution in [3.63, 3.8) is 0 Å². The lowest BCUT2D eigenvalue weighted by molar-refractivity contribution is 0.0658. The van der Waals surface area contributed by atoms with Crippen LogP contribution in [-0.4, -0.2) is 11.1 Å². The third-order valence-corrected chi connectivity index (χ3v) is 2.45. The first-order valence-electron chi connectivity index (χ1n) is 4.92. The lowest BCUT2D eigenvalue weighted by Gasteiger charge is -2.00. The van der Waals surface area contributed by atoms with E-state index in [0.29, 0.717) is 10.8 Å². The zero-order valence-electron chi connectivity index (χ0n) is 8.69. The maximum atomic E-state index is 11.5. The summed E-state index contributed by atoms with van der Waals surface area (Å²) in [5, 5.41) is 9.75. The van der Waals surface area contributed by atoms with Crippen LogP contribution in [0.2, 0.25) is 0 Å². The number of carboxylic acid groups (broad SMARTS) is 1. The highest BCUT2D eigenvalue weighted by Crippen LogP contribution is 2.14. The van der Waals surface area contributed by atoms with Gasteiger partial charge in [0.25, 0.3) is 0 Å². The zero-order chi connectivity index (χ0) is 11.7. The first kappa shape index (κ1) is 10.4. The predicted octanol–water partition coefficient (Wildman–Crippen LogP) is 2.05. The molecule has 0 radical (unpaired) electrons. The van der Waals surface area contributed by atoms with Crippen LogP contribution in [-0.2, 0) is 6.42 Å². The summed E-state index contributed by atoms with van der Waals surface area (Å²) in [7, 11) is 0. The smallest absolute Gasteiger partial charge is 0.371 e. The van der Waals surface area contributed by atoms with Crippen molar-refractivity contribution in [2.75, 3.05) is 0 Å². The first-order chi connectivity index (χ1) is 7.61. The second kappa shape index (κ2) is 3.81. The van der Waals surface area contributed by atoms with Crippen LogP contribution < -0.4 is 5.63 Å². The van der Waals surface area contributed by atoms with Crippen molar-refractivity contribution in [1.82, 2.24) is 0 Å². The summed E-state index contributed by atoms with van der Waals surface area (Å²) in [6.07, 6.45) is 0.816. The molecule has 4 nitrogen and oxygen atoms in total. The van der Waals surface area contributed by atoms with Crippen molar-refractivity contribution in [2.45, 2.75) is 13.3 Å². The van der Waals surface area contributed by atoms with Gasteiger partial charge in [-0.2, -0.15) is 0 Å². The van der Waals surface area contributed by atoms with Crippen molar-refractivity contribution in [3.8, 4) is 0 Å². The highest BCUT2D eigenvalue weighted by molar-refractivity contribution is 5.90. The largest absolute Gasteiger partial charge is 0.475 e. The number of hydrogen-bond acceptors (Lipinski definition) is 3. The summed E-state index contributed by atoms with van der Waals surface area (Å²) < 4.78 is 4.70. The quantitative estimate of drug-likeness (QED) is 0.837. The van der Waals surface area contributed by atoms with E-state index in [-0.39, 0.29) is 5.76 Å². The van der Waals surface area contributed by atoms with Crippen molar-refractivity contribution < 1.29 is 14.3 Å². The second-order valence-electron chi connectivity index (χ2n) is 3.48. The van der Waals surface area contributed by atoms with E-state index in [0.717, 1.165) is 12.0 Å². The van der Waals surface area contributed by atoms with Gasteiger partial charge in [0.05, 0.1) is 5.39 Å². The topological polar surface area (TPSA) is 67.5 Å². The van der Waals surface area contributed by atoms with Crippen LogP contribution in [0.4, 0.5) is 0 Å². The van der Waals surface area contributed by atoms with E-state index in [1.54, 1.807) is 12.1 Å². The molecule has 0 saturated heterocycles. The molecule has 2 rings (SSSR count). The van der Waals surface area contributed by atoms with E-state index in [1.807, 2.05) is 13.0 Å². The molecule has 0 fully saturated rings. The fourth-order valence-electron chi connectivity index (χ4n) is 1.56. The number of carboxylic acids is 1. The molecular weight excluding hydrogens is 208 g/mol. The number of fused-ring (bicyclic) bond motifs is 1. The Hall–Kier alpha value is -2.10. The van der Waals surface area contributed by atoms with Gasteiger partial charge in [-0.1, -0.05) is 19.1 Å². The molecule has 16 heavy (non-hydrogen) atoms. The van der Waals surface area contributed by atoms with Crippen molar-refractivity contribution in [3.05, 3.63) is 46.0 Å². The SMILES string of the molecule is CCc1ccc2cc(C(=O)O)oc(=O)c2c1. The van der Waals surface area contributed by atoms with Crippen LogP contribution in [0.5, 0.6) is 0 Å². The molecule has 0 aliphatic heterocycles. The fraction of sp³-hybridized carbons (Fsp3) is 0.167. The van der Waals surface area contributed by atoms with Crippen molar-refractivity contribution in [2.24, 2.45) is 0 Å². The highest BCUT2D eigenvalue weighted by atomic mass is 16.4. The maximum Gasteiger partial charge on any atom is 0.371 e. The highest BCUT2D eigenvalue weighted by Gasteiger charge is 2.10. The van der Waals surface area contributed by atoms with Gasteiger partial charge in [0.15, 0.2) is 0 Å². The minimum atomic E-state index is -1.24. The Morgan fingerprint density at radius 1 is 1.38 bits per heavy atom. The number of rotatable bonds is 2. The van der Waals surface area contributed by atoms with Gasteiger partial charge < -0.3 is 9.52 Å². The van der Waals surface area contributed by atoms with Crippen LogP contribution in [0.15, 0.2) is 33.5 Å². The van der Waals surface area contributed by atoms with Crippen LogP contribution in [0.3, 0.4) is 0 Å². The average molecular weight is 218 g/mol. The molecule has 1 N–H and O–H groups in total. The van der Waals surface area contributed by atoms with E-state index >= 15 is 0 Å². The van der Waals surface area contributed by atoms with Crippen LogP contribution >= 0.6 is 0 Å². The monoisotopic (exact) mass is 218 g/mol. The van der Waals surface area contributed by atoms with Crippen LogP contribution in [0.25, 0.3) is 10.8 Å². The van der Waals surface area contributed by atoms with Crippen molar-refractivity contribution in [1.29, 1.82) is 0 Å². The van der Waals surface area contributed by atoms with Crippen LogP contribution in [0.1, 0.15) is 23.0 Å². The van der Waals surface area contributed by atoms with E-state index in [9.17, 15) is 9.59 Å². The Bertz CT molecular complexity index is 610. The number of carbonyl (C=O) groups is 1. The molecule has 4 heteroatoms. The van der Waals surface area contributed by atoms with Gasteiger partial charge in [-0.3, -0.25) is 0 Å². The Labute approximate surface area is 91.1 Å². The lowest BCUT2D eigenvalue weighted by atomic mass is 10.1. The third kappa shape index (κ3) is 1.69. The van der Waals surface area contributed by atoms with Gasteiger partial charge in [-0.05, 0) is 29.5 Å². The summed E-state index contributed by atoms with van der Waals surface area (Å²) >= 11 is 0. The standard InChI is InChI=1S/C12H10O4/c1-2-7-3-4-8-6-10(11(13)14)16-12(15)9(8)5-7/h3-6H,2H2,1H3,(H,13,14). The fourth-order valence-corrected chi connectivity index (χ4v) is 1.56. The summed E-state index contributed by atoms with van der Waals surface area (Å²) in [6, 6.07) is 6.69. The molecule has 0 unspecified atom stereocenters. The van der Waals surface area contributed by atoms with E-state index in [1.165, 1.54) is 6.07 Å². The van der Waals surface area contributed by atoms with Gasteiger partial charge in [0.2, 0.25) is 5.76 Å². The lowest BCUT2D eigenvalue weighted by Crippen LogP contribution is -2.06. The molecule has 0 spiro atoms. The minimum absolute atomic E-state index is 0.332. The third-order valence-electron chi connectivity index (χ3n) is 2.45. The molecule has 82 valence electrons. The molecule has 0 amide bonds. The van der Waals surface area contributed by atoms with E-state index in [2.05, 4.69) is 0 Å². The van der Waals surface area contributed by atoms with Gasteiger partial charge in [0, 0.05) is 0 Å². The van der Waals surface area contributed by atoms with Gasteiger partial charge in [-0.25, -0.2) is 9.59 Å². The maximum absolute atomic E-state index is 11.5. The number of benzene rings is 1. The molecule has 0 bridgehead atoms. The molecule has 0 saturated carbocycles. The molecule has 1 aromatic carbocycles. The molecule has 0 aliphatic rings. The summed E-state index contributed by atoms with van der Waals surface area (Å²) in [5.74, 6) is -1.57. The van der Waals surface area contributed by atoms with Crippen LogP contribution in [0, 0.1) is 0 Å². The van der Waals surface area contributed by atoms with Gasteiger partial charge >= 0.3 is 11.6 Å². The van der Waals surface area contributed by atoms with Crippen molar-refractivity contribution >= 4 is 16.7 Å². The molecule has 0 atom stereocenters. The summed E-state index contributed by atoms with van der Waals surface area (Å²) in [5.41, 5.74) is 0.410. The molecular formula is C12H10O4. The Kier molecular flexibility index (Phi) is 2.48. The Balaban J connectivity index is 2.76. The summed E-state index contributed by atoms with van der Waals surface area (Å²) in [4.78, 5) is 22.2. The predicted molar refractivity (Wildman–Crippen MR) is 58.8 cm³/mol. The Morgan fingerprint density at radius 3 is 2.75 bits per heavy atom. The molecule has 1 heterocycles. The normalized spacial score (nSPS) is 10.6. The zero-order valence-corrected chi connectivity index (χ0v) is 8.69. The number of aryl methyl sites for hydroxylation is 1.